The van der Waals surface area contributed by atoms with Crippen LogP contribution in [0, 0.1) is 5.92 Å². The SMILES string of the molecule is CSc1ccc(Cl)c(C(=O)N(C2CC2)C(C)C2CC2)c1. The van der Waals surface area contributed by atoms with Crippen LogP contribution in [0.1, 0.15) is 43.0 Å². The van der Waals surface area contributed by atoms with Gasteiger partial charge in [0, 0.05) is 17.0 Å². The summed E-state index contributed by atoms with van der Waals surface area (Å²) in [6, 6.07) is 6.53. The lowest BCUT2D eigenvalue weighted by Gasteiger charge is -2.30. The van der Waals surface area contributed by atoms with Gasteiger partial charge in [0.25, 0.3) is 5.91 Å². The van der Waals surface area contributed by atoms with Gasteiger partial charge in [0.2, 0.25) is 0 Å². The van der Waals surface area contributed by atoms with E-state index in [0.29, 0.717) is 28.6 Å². The maximum Gasteiger partial charge on any atom is 0.255 e. The molecule has 1 unspecified atom stereocenters. The van der Waals surface area contributed by atoms with Gasteiger partial charge in [-0.25, -0.2) is 0 Å². The molecule has 0 aromatic heterocycles. The average molecular weight is 310 g/mol. The third-order valence-corrected chi connectivity index (χ3v) is 5.38. The van der Waals surface area contributed by atoms with Gasteiger partial charge in [-0.2, -0.15) is 0 Å². The number of amides is 1. The van der Waals surface area contributed by atoms with Gasteiger partial charge in [-0.15, -0.1) is 11.8 Å². The van der Waals surface area contributed by atoms with E-state index in [0.717, 1.165) is 17.7 Å². The fraction of sp³-hybridized carbons (Fsp3) is 0.562. The van der Waals surface area contributed by atoms with Crippen molar-refractivity contribution in [2.75, 3.05) is 6.26 Å². The Kier molecular flexibility index (Phi) is 4.00. The van der Waals surface area contributed by atoms with Gasteiger partial charge in [0.1, 0.15) is 0 Å². The van der Waals surface area contributed by atoms with E-state index in [2.05, 4.69) is 11.8 Å². The van der Waals surface area contributed by atoms with Crippen LogP contribution in [0.5, 0.6) is 0 Å². The van der Waals surface area contributed by atoms with E-state index in [-0.39, 0.29) is 5.91 Å². The molecule has 1 aromatic rings. The van der Waals surface area contributed by atoms with Crippen molar-refractivity contribution < 1.29 is 4.79 Å². The number of hydrogen-bond acceptors (Lipinski definition) is 2. The first-order valence-electron chi connectivity index (χ1n) is 7.28. The number of carbonyl (C=O) groups excluding carboxylic acids is 1. The molecule has 1 amide bonds. The Morgan fingerprint density at radius 1 is 1.35 bits per heavy atom. The van der Waals surface area contributed by atoms with Crippen LogP contribution in [0.3, 0.4) is 0 Å². The fourth-order valence-electron chi connectivity index (χ4n) is 2.78. The van der Waals surface area contributed by atoms with Crippen LogP contribution >= 0.6 is 23.4 Å². The van der Waals surface area contributed by atoms with Crippen LogP contribution in [0.4, 0.5) is 0 Å². The summed E-state index contributed by atoms with van der Waals surface area (Å²) < 4.78 is 0. The van der Waals surface area contributed by atoms with Gasteiger partial charge in [-0.3, -0.25) is 4.79 Å². The third-order valence-electron chi connectivity index (χ3n) is 4.32. The smallest absolute Gasteiger partial charge is 0.255 e. The third kappa shape index (κ3) is 2.84. The van der Waals surface area contributed by atoms with E-state index in [1.807, 2.05) is 24.5 Å². The maximum absolute atomic E-state index is 12.9. The lowest BCUT2D eigenvalue weighted by Crippen LogP contribution is -2.41. The molecular weight excluding hydrogens is 290 g/mol. The largest absolute Gasteiger partial charge is 0.333 e. The molecule has 108 valence electrons. The van der Waals surface area contributed by atoms with Crippen molar-refractivity contribution in [2.45, 2.75) is 49.6 Å². The summed E-state index contributed by atoms with van der Waals surface area (Å²) >= 11 is 7.90. The van der Waals surface area contributed by atoms with Crippen molar-refractivity contribution in [3.05, 3.63) is 28.8 Å². The first-order chi connectivity index (χ1) is 9.61. The summed E-state index contributed by atoms with van der Waals surface area (Å²) in [5.74, 6) is 0.815. The molecule has 3 rings (SSSR count). The lowest BCUT2D eigenvalue weighted by atomic mass is 10.1. The molecule has 2 nitrogen and oxygen atoms in total. The maximum atomic E-state index is 12.9. The van der Waals surface area contributed by atoms with E-state index in [9.17, 15) is 4.79 Å². The monoisotopic (exact) mass is 309 g/mol. The molecule has 0 saturated heterocycles. The summed E-state index contributed by atoms with van der Waals surface area (Å²) in [6.07, 6.45) is 6.82. The van der Waals surface area contributed by atoms with Crippen molar-refractivity contribution in [1.29, 1.82) is 0 Å². The number of halogens is 1. The molecule has 2 aliphatic rings. The minimum Gasteiger partial charge on any atom is -0.333 e. The molecule has 4 heteroatoms. The molecule has 1 atom stereocenters. The Balaban J connectivity index is 1.88. The highest BCUT2D eigenvalue weighted by Crippen LogP contribution is 2.41. The molecule has 1 aromatic carbocycles. The second kappa shape index (κ2) is 5.61. The van der Waals surface area contributed by atoms with Crippen molar-refractivity contribution in [3.63, 3.8) is 0 Å². The number of nitrogens with zero attached hydrogens (tertiary/aromatic N) is 1. The normalized spacial score (nSPS) is 19.8. The Labute approximate surface area is 129 Å². The predicted octanol–water partition coefficient (Wildman–Crippen LogP) is 4.47. The Morgan fingerprint density at radius 3 is 2.60 bits per heavy atom. The summed E-state index contributed by atoms with van der Waals surface area (Å²) in [6.45, 7) is 2.19. The zero-order chi connectivity index (χ0) is 14.3. The summed E-state index contributed by atoms with van der Waals surface area (Å²) in [4.78, 5) is 16.1. The van der Waals surface area contributed by atoms with Crippen LogP contribution in [-0.2, 0) is 0 Å². The van der Waals surface area contributed by atoms with Crippen molar-refractivity contribution in [3.8, 4) is 0 Å². The molecule has 2 saturated carbocycles. The number of carbonyl (C=O) groups is 1. The van der Waals surface area contributed by atoms with Gasteiger partial charge < -0.3 is 4.90 Å². The van der Waals surface area contributed by atoms with Crippen LogP contribution < -0.4 is 0 Å². The van der Waals surface area contributed by atoms with Crippen LogP contribution in [0.2, 0.25) is 5.02 Å². The highest BCUT2D eigenvalue weighted by molar-refractivity contribution is 7.98. The van der Waals surface area contributed by atoms with Crippen molar-refractivity contribution in [1.82, 2.24) is 4.90 Å². The predicted molar refractivity (Wildman–Crippen MR) is 84.6 cm³/mol. The van der Waals surface area contributed by atoms with Crippen molar-refractivity contribution in [2.24, 2.45) is 5.92 Å². The number of rotatable bonds is 5. The van der Waals surface area contributed by atoms with Gasteiger partial charge in [0.15, 0.2) is 0 Å². The number of thioether (sulfide) groups is 1. The summed E-state index contributed by atoms with van der Waals surface area (Å²) in [5.41, 5.74) is 0.665. The lowest BCUT2D eigenvalue weighted by molar-refractivity contribution is 0.0654. The highest BCUT2D eigenvalue weighted by Gasteiger charge is 2.42. The number of benzene rings is 1. The molecule has 0 heterocycles. The molecule has 20 heavy (non-hydrogen) atoms. The molecule has 2 fully saturated rings. The summed E-state index contributed by atoms with van der Waals surface area (Å²) in [5, 5.41) is 0.571. The van der Waals surface area contributed by atoms with Gasteiger partial charge in [-0.1, -0.05) is 11.6 Å². The Hall–Kier alpha value is -0.670. The first-order valence-corrected chi connectivity index (χ1v) is 8.88. The van der Waals surface area contributed by atoms with E-state index in [4.69, 9.17) is 11.6 Å². The molecule has 0 radical (unpaired) electrons. The Bertz CT molecular complexity index is 525. The molecule has 0 bridgehead atoms. The van der Waals surface area contributed by atoms with Crippen LogP contribution in [0.25, 0.3) is 0 Å². The fourth-order valence-corrected chi connectivity index (χ4v) is 3.41. The molecular formula is C16H20ClNOS. The first kappa shape index (κ1) is 14.3. The quantitative estimate of drug-likeness (QED) is 0.748. The number of hydrogen-bond donors (Lipinski definition) is 0. The van der Waals surface area contributed by atoms with E-state index >= 15 is 0 Å². The van der Waals surface area contributed by atoms with Crippen LogP contribution in [0.15, 0.2) is 23.1 Å². The molecule has 2 aliphatic carbocycles. The average Bonchev–Trinajstić information content (AvgIpc) is 3.30. The van der Waals surface area contributed by atoms with Gasteiger partial charge in [-0.05, 0) is 63.0 Å². The topological polar surface area (TPSA) is 20.3 Å². The summed E-state index contributed by atoms with van der Waals surface area (Å²) in [7, 11) is 0. The zero-order valence-corrected chi connectivity index (χ0v) is 13.5. The second-order valence-electron chi connectivity index (χ2n) is 5.87. The highest BCUT2D eigenvalue weighted by atomic mass is 35.5. The van der Waals surface area contributed by atoms with E-state index < -0.39 is 0 Å². The van der Waals surface area contributed by atoms with Gasteiger partial charge >= 0.3 is 0 Å². The van der Waals surface area contributed by atoms with Crippen molar-refractivity contribution >= 4 is 29.3 Å². The Morgan fingerprint density at radius 2 is 2.05 bits per heavy atom. The van der Waals surface area contributed by atoms with Gasteiger partial charge in [0.05, 0.1) is 10.6 Å². The molecule has 0 spiro atoms. The molecule has 0 aliphatic heterocycles. The minimum atomic E-state index is 0.118. The molecule has 0 N–H and O–H groups in total. The van der Waals surface area contributed by atoms with E-state index in [1.165, 1.54) is 12.8 Å². The zero-order valence-electron chi connectivity index (χ0n) is 11.9. The van der Waals surface area contributed by atoms with E-state index in [1.54, 1.807) is 11.8 Å². The van der Waals surface area contributed by atoms with Crippen LogP contribution in [-0.4, -0.2) is 29.1 Å². The second-order valence-corrected chi connectivity index (χ2v) is 7.15. The minimum absolute atomic E-state index is 0.118. The standard InChI is InChI=1S/C16H20ClNOS/c1-10(11-3-4-11)18(12-5-6-12)16(19)14-9-13(20-2)7-8-15(14)17/h7-12H,3-6H2,1-2H3.